The minimum absolute atomic E-state index is 0.0457. The predicted octanol–water partition coefficient (Wildman–Crippen LogP) is 5.10. The molecule has 0 fully saturated rings. The average Bonchev–Trinajstić information content (AvgIpc) is 2.59. The van der Waals surface area contributed by atoms with Crippen molar-refractivity contribution in [1.82, 2.24) is 0 Å². The van der Waals surface area contributed by atoms with Crippen LogP contribution in [0.2, 0.25) is 0 Å². The quantitative estimate of drug-likeness (QED) is 0.0761. The van der Waals surface area contributed by atoms with Crippen molar-refractivity contribution in [3.63, 3.8) is 0 Å². The van der Waals surface area contributed by atoms with Crippen molar-refractivity contribution in [2.75, 3.05) is 6.61 Å². The van der Waals surface area contributed by atoms with Gasteiger partial charge in [-0.2, -0.15) is 16.8 Å². The molecule has 0 aliphatic carbocycles. The molecule has 0 saturated heterocycles. The zero-order chi connectivity index (χ0) is 20.4. The van der Waals surface area contributed by atoms with Gasteiger partial charge in [-0.25, -0.2) is 4.89 Å². The first kappa shape index (κ1) is 26.5. The second kappa shape index (κ2) is 16.5. The summed E-state index contributed by atoms with van der Waals surface area (Å²) in [6, 6.07) is 0. The van der Waals surface area contributed by atoms with Crippen LogP contribution in [0.5, 0.6) is 0 Å². The summed E-state index contributed by atoms with van der Waals surface area (Å²) in [6.07, 6.45) is 20.6. The van der Waals surface area contributed by atoms with E-state index < -0.39 is 18.3 Å². The van der Waals surface area contributed by atoms with Gasteiger partial charge in [-0.15, -0.1) is 0 Å². The van der Waals surface area contributed by atoms with Gasteiger partial charge in [-0.3, -0.25) is 4.55 Å². The summed E-state index contributed by atoms with van der Waals surface area (Å²) >= 11 is 0. The highest BCUT2D eigenvalue weighted by molar-refractivity contribution is 8.62. The van der Waals surface area contributed by atoms with E-state index in [1.807, 2.05) is 0 Å². The third-order valence-electron chi connectivity index (χ3n) is 4.13. The van der Waals surface area contributed by atoms with Crippen LogP contribution in [0.25, 0.3) is 0 Å². The van der Waals surface area contributed by atoms with Gasteiger partial charge in [0.15, 0.2) is 0 Å². The second-order valence-corrected chi connectivity index (χ2v) is 11.0. The standard InChI is InChI=1S/C18H36O7S2/c1-2-3-4-5-6-7-8-9-10-11-12-13-14-15-16-17-18-24-25-27(22,23)26(19,20)21/h9-10H,2-8,11-18H2,1H3,(H,19,20,21)/b10-9-. The van der Waals surface area contributed by atoms with Crippen molar-refractivity contribution in [3.05, 3.63) is 12.2 Å². The van der Waals surface area contributed by atoms with Gasteiger partial charge in [0, 0.05) is 0 Å². The summed E-state index contributed by atoms with van der Waals surface area (Å²) in [5.74, 6) is 0. The Kier molecular flexibility index (Phi) is 16.2. The van der Waals surface area contributed by atoms with Crippen molar-refractivity contribution in [2.45, 2.75) is 96.8 Å². The fraction of sp³-hybridized carbons (Fsp3) is 0.889. The summed E-state index contributed by atoms with van der Waals surface area (Å²) in [6.45, 7) is 2.19. The van der Waals surface area contributed by atoms with Crippen LogP contribution in [0.3, 0.4) is 0 Å². The van der Waals surface area contributed by atoms with E-state index in [4.69, 9.17) is 4.55 Å². The molecule has 0 aromatic carbocycles. The molecule has 0 aliphatic rings. The molecule has 1 N–H and O–H groups in total. The Bertz CT molecular complexity index is 569. The highest BCUT2D eigenvalue weighted by Gasteiger charge is 2.29. The van der Waals surface area contributed by atoms with Gasteiger partial charge in [-0.1, -0.05) is 81.2 Å². The van der Waals surface area contributed by atoms with E-state index in [2.05, 4.69) is 28.3 Å². The lowest BCUT2D eigenvalue weighted by atomic mass is 10.1. The molecule has 0 radical (unpaired) electrons. The molecule has 0 saturated carbocycles. The van der Waals surface area contributed by atoms with Gasteiger partial charge in [0.05, 0.1) is 6.61 Å². The average molecular weight is 429 g/mol. The van der Waals surface area contributed by atoms with Crippen LogP contribution in [0, 0.1) is 0 Å². The first-order valence-corrected chi connectivity index (χ1v) is 13.4. The molecule has 162 valence electrons. The third kappa shape index (κ3) is 16.2. The SMILES string of the molecule is CCCCCCCC/C=C\CCCCCCCCOOS(=O)(=O)S(=O)(=O)O. The van der Waals surface area contributed by atoms with Gasteiger partial charge < -0.3 is 0 Å². The molecule has 0 atom stereocenters. The molecule has 0 heterocycles. The minimum Gasteiger partial charge on any atom is -0.272 e. The zero-order valence-electron chi connectivity index (χ0n) is 16.5. The van der Waals surface area contributed by atoms with Crippen LogP contribution >= 0.6 is 0 Å². The van der Waals surface area contributed by atoms with Crippen LogP contribution in [0.15, 0.2) is 12.2 Å². The Morgan fingerprint density at radius 1 is 0.704 bits per heavy atom. The van der Waals surface area contributed by atoms with E-state index in [1.54, 1.807) is 0 Å². The predicted molar refractivity (Wildman–Crippen MR) is 107 cm³/mol. The second-order valence-electron chi connectivity index (χ2n) is 6.66. The van der Waals surface area contributed by atoms with Crippen molar-refractivity contribution < 1.29 is 30.6 Å². The maximum Gasteiger partial charge on any atom is 0.426 e. The number of rotatable bonds is 19. The van der Waals surface area contributed by atoms with Crippen molar-refractivity contribution in [1.29, 1.82) is 0 Å². The topological polar surface area (TPSA) is 107 Å². The van der Waals surface area contributed by atoms with Crippen LogP contribution in [0.1, 0.15) is 96.8 Å². The van der Waals surface area contributed by atoms with E-state index in [1.165, 1.54) is 51.4 Å². The molecule has 0 aromatic heterocycles. The normalized spacial score (nSPS) is 12.8. The summed E-state index contributed by atoms with van der Waals surface area (Å²) in [5.41, 5.74) is 0. The number of hydrogen-bond acceptors (Lipinski definition) is 6. The molecular weight excluding hydrogens is 392 g/mol. The van der Waals surface area contributed by atoms with Gasteiger partial charge in [0.1, 0.15) is 0 Å². The lowest BCUT2D eigenvalue weighted by Gasteiger charge is -2.03. The van der Waals surface area contributed by atoms with Crippen molar-refractivity contribution >= 4 is 18.3 Å². The van der Waals surface area contributed by atoms with E-state index >= 15 is 0 Å². The van der Waals surface area contributed by atoms with E-state index in [-0.39, 0.29) is 6.61 Å². The Labute approximate surface area is 164 Å². The minimum atomic E-state index is -5.31. The summed E-state index contributed by atoms with van der Waals surface area (Å²) in [7, 11) is -10.4. The molecule has 9 heteroatoms. The Morgan fingerprint density at radius 2 is 1.15 bits per heavy atom. The maximum absolute atomic E-state index is 10.8. The van der Waals surface area contributed by atoms with Crippen LogP contribution in [-0.4, -0.2) is 28.0 Å². The van der Waals surface area contributed by atoms with E-state index in [9.17, 15) is 16.8 Å². The molecule has 0 rings (SSSR count). The Morgan fingerprint density at radius 3 is 1.63 bits per heavy atom. The van der Waals surface area contributed by atoms with Crippen molar-refractivity contribution in [2.24, 2.45) is 0 Å². The third-order valence-corrected chi connectivity index (χ3v) is 6.62. The zero-order valence-corrected chi connectivity index (χ0v) is 18.1. The fourth-order valence-corrected chi connectivity index (χ4v) is 3.12. The summed E-state index contributed by atoms with van der Waals surface area (Å²) < 4.78 is 54.6. The van der Waals surface area contributed by atoms with E-state index in [0.717, 1.165) is 32.1 Å². The summed E-state index contributed by atoms with van der Waals surface area (Å²) in [4.78, 5) is 4.31. The van der Waals surface area contributed by atoms with Crippen LogP contribution in [0.4, 0.5) is 0 Å². The molecule has 0 amide bonds. The highest BCUT2D eigenvalue weighted by atomic mass is 33.2. The molecule has 0 aliphatic heterocycles. The number of allylic oxidation sites excluding steroid dienone is 2. The largest absolute Gasteiger partial charge is 0.426 e. The molecule has 0 bridgehead atoms. The first-order valence-electron chi connectivity index (χ1n) is 9.99. The first-order chi connectivity index (χ1) is 12.8. The fourth-order valence-electron chi connectivity index (χ4n) is 2.54. The molecule has 7 nitrogen and oxygen atoms in total. The maximum atomic E-state index is 10.8. The lowest BCUT2D eigenvalue weighted by molar-refractivity contribution is -0.199. The molecule has 27 heavy (non-hydrogen) atoms. The van der Waals surface area contributed by atoms with Crippen LogP contribution < -0.4 is 0 Å². The smallest absolute Gasteiger partial charge is 0.272 e. The number of unbranched alkanes of at least 4 members (excludes halogenated alkanes) is 12. The van der Waals surface area contributed by atoms with Crippen molar-refractivity contribution in [3.8, 4) is 0 Å². The van der Waals surface area contributed by atoms with Crippen LogP contribution in [-0.2, 0) is 27.5 Å². The molecule has 0 spiro atoms. The molecule has 0 aromatic rings. The van der Waals surface area contributed by atoms with Gasteiger partial charge in [0.25, 0.3) is 0 Å². The monoisotopic (exact) mass is 428 g/mol. The highest BCUT2D eigenvalue weighted by Crippen LogP contribution is 2.10. The van der Waals surface area contributed by atoms with Gasteiger partial charge >= 0.3 is 18.3 Å². The van der Waals surface area contributed by atoms with E-state index in [0.29, 0.717) is 6.42 Å². The van der Waals surface area contributed by atoms with Gasteiger partial charge in [0.2, 0.25) is 0 Å². The Hall–Kier alpha value is -0.480. The molecular formula is C18H36O7S2. The summed E-state index contributed by atoms with van der Waals surface area (Å²) in [5, 5.41) is 0. The molecule has 0 unspecified atom stereocenters. The Balaban J connectivity index is 3.33. The van der Waals surface area contributed by atoms with Gasteiger partial charge in [-0.05, 0) is 32.1 Å². The lowest BCUT2D eigenvalue weighted by Crippen LogP contribution is -2.17. The number of hydrogen-bond donors (Lipinski definition) is 1.